The van der Waals surface area contributed by atoms with Crippen molar-refractivity contribution in [1.82, 2.24) is 0 Å². The van der Waals surface area contributed by atoms with Crippen LogP contribution in [-0.2, 0) is 9.53 Å². The third-order valence-electron chi connectivity index (χ3n) is 3.44. The molecule has 0 fully saturated rings. The Kier molecular flexibility index (Phi) is 4.66. The average Bonchev–Trinajstić information content (AvgIpc) is 2.95. The van der Waals surface area contributed by atoms with Crippen molar-refractivity contribution in [1.29, 1.82) is 0 Å². The van der Waals surface area contributed by atoms with E-state index in [1.165, 1.54) is 0 Å². The Bertz CT molecular complexity index is 858. The van der Waals surface area contributed by atoms with E-state index >= 15 is 0 Å². The molecule has 2 aromatic carbocycles. The first-order chi connectivity index (χ1) is 11.6. The molecule has 0 aliphatic carbocycles. The van der Waals surface area contributed by atoms with E-state index in [1.807, 2.05) is 30.3 Å². The SMILES string of the molecule is COc1ccc(/C=C2\N=C(c3ccccc3Br)OC2=O)cc1OC. The summed E-state index contributed by atoms with van der Waals surface area (Å²) in [6, 6.07) is 12.8. The molecule has 24 heavy (non-hydrogen) atoms. The number of aliphatic imine (C=N–C) groups is 1. The lowest BCUT2D eigenvalue weighted by Gasteiger charge is -2.07. The number of rotatable bonds is 4. The normalized spacial score (nSPS) is 15.2. The van der Waals surface area contributed by atoms with E-state index in [4.69, 9.17) is 14.2 Å². The molecular weight excluding hydrogens is 374 g/mol. The van der Waals surface area contributed by atoms with Crippen LogP contribution in [0.25, 0.3) is 6.08 Å². The molecule has 0 aromatic heterocycles. The minimum Gasteiger partial charge on any atom is -0.493 e. The van der Waals surface area contributed by atoms with Crippen LogP contribution in [0.15, 0.2) is 57.6 Å². The molecule has 0 amide bonds. The van der Waals surface area contributed by atoms with Gasteiger partial charge in [-0.25, -0.2) is 9.79 Å². The maximum absolute atomic E-state index is 12.1. The number of esters is 1. The van der Waals surface area contributed by atoms with Crippen LogP contribution < -0.4 is 9.47 Å². The van der Waals surface area contributed by atoms with Gasteiger partial charge in [0.2, 0.25) is 5.90 Å². The van der Waals surface area contributed by atoms with Crippen LogP contribution in [0.3, 0.4) is 0 Å². The molecule has 0 unspecified atom stereocenters. The summed E-state index contributed by atoms with van der Waals surface area (Å²) in [5.74, 6) is 0.981. The number of nitrogens with zero attached hydrogens (tertiary/aromatic N) is 1. The van der Waals surface area contributed by atoms with E-state index in [0.29, 0.717) is 11.5 Å². The van der Waals surface area contributed by atoms with Gasteiger partial charge in [0.05, 0.1) is 19.8 Å². The van der Waals surface area contributed by atoms with E-state index in [1.54, 1.807) is 32.4 Å². The predicted molar refractivity (Wildman–Crippen MR) is 94.3 cm³/mol. The second-order valence-corrected chi connectivity index (χ2v) is 5.78. The Hall–Kier alpha value is -2.60. The molecule has 0 spiro atoms. The van der Waals surface area contributed by atoms with Crippen LogP contribution in [0.4, 0.5) is 0 Å². The molecular formula is C18H14BrNO4. The summed E-state index contributed by atoms with van der Waals surface area (Å²) in [6.07, 6.45) is 1.65. The lowest BCUT2D eigenvalue weighted by atomic mass is 10.1. The van der Waals surface area contributed by atoms with Crippen LogP contribution >= 0.6 is 15.9 Å². The Morgan fingerprint density at radius 2 is 1.83 bits per heavy atom. The molecule has 2 aromatic rings. The summed E-state index contributed by atoms with van der Waals surface area (Å²) in [5.41, 5.74) is 1.71. The highest BCUT2D eigenvalue weighted by atomic mass is 79.9. The topological polar surface area (TPSA) is 57.1 Å². The molecule has 6 heteroatoms. The molecule has 1 heterocycles. The zero-order chi connectivity index (χ0) is 17.1. The highest BCUT2D eigenvalue weighted by molar-refractivity contribution is 9.10. The number of ether oxygens (including phenoxy) is 3. The summed E-state index contributed by atoms with van der Waals surface area (Å²) in [7, 11) is 3.13. The molecule has 1 aliphatic heterocycles. The minimum absolute atomic E-state index is 0.230. The summed E-state index contributed by atoms with van der Waals surface area (Å²) in [6.45, 7) is 0. The fourth-order valence-electron chi connectivity index (χ4n) is 2.26. The maximum Gasteiger partial charge on any atom is 0.363 e. The average molecular weight is 388 g/mol. The molecule has 5 nitrogen and oxygen atoms in total. The summed E-state index contributed by atoms with van der Waals surface area (Å²) in [4.78, 5) is 16.4. The number of halogens is 1. The monoisotopic (exact) mass is 387 g/mol. The third kappa shape index (κ3) is 3.19. The first-order valence-corrected chi connectivity index (χ1v) is 7.91. The lowest BCUT2D eigenvalue weighted by Crippen LogP contribution is -2.05. The van der Waals surface area contributed by atoms with E-state index in [-0.39, 0.29) is 11.6 Å². The van der Waals surface area contributed by atoms with Crippen molar-refractivity contribution in [2.75, 3.05) is 14.2 Å². The van der Waals surface area contributed by atoms with E-state index in [9.17, 15) is 4.79 Å². The van der Waals surface area contributed by atoms with Crippen molar-refractivity contribution < 1.29 is 19.0 Å². The molecule has 0 bridgehead atoms. The first-order valence-electron chi connectivity index (χ1n) is 7.12. The molecule has 0 saturated heterocycles. The predicted octanol–water partition coefficient (Wildman–Crippen LogP) is 3.81. The number of cyclic esters (lactones) is 1. The van der Waals surface area contributed by atoms with Crippen LogP contribution in [0.5, 0.6) is 11.5 Å². The van der Waals surface area contributed by atoms with Crippen LogP contribution in [-0.4, -0.2) is 26.1 Å². The molecule has 0 saturated carbocycles. The van der Waals surface area contributed by atoms with Crippen molar-refractivity contribution in [2.24, 2.45) is 4.99 Å². The second kappa shape index (κ2) is 6.88. The molecule has 0 N–H and O–H groups in total. The molecule has 122 valence electrons. The zero-order valence-corrected chi connectivity index (χ0v) is 14.7. The van der Waals surface area contributed by atoms with Gasteiger partial charge in [0, 0.05) is 4.47 Å². The van der Waals surface area contributed by atoms with E-state index in [2.05, 4.69) is 20.9 Å². The first kappa shape index (κ1) is 16.3. The van der Waals surface area contributed by atoms with Crippen LogP contribution in [0, 0.1) is 0 Å². The molecule has 0 radical (unpaired) electrons. The van der Waals surface area contributed by atoms with Crippen LogP contribution in [0.2, 0.25) is 0 Å². The van der Waals surface area contributed by atoms with Crippen molar-refractivity contribution in [3.05, 3.63) is 63.8 Å². The van der Waals surface area contributed by atoms with Crippen molar-refractivity contribution >= 4 is 33.9 Å². The van der Waals surface area contributed by atoms with Crippen molar-refractivity contribution in [3.63, 3.8) is 0 Å². The molecule has 0 atom stereocenters. The van der Waals surface area contributed by atoms with Crippen molar-refractivity contribution in [3.8, 4) is 11.5 Å². The van der Waals surface area contributed by atoms with Crippen LogP contribution in [0.1, 0.15) is 11.1 Å². The largest absolute Gasteiger partial charge is 0.493 e. The van der Waals surface area contributed by atoms with Gasteiger partial charge >= 0.3 is 5.97 Å². The Labute approximate surface area is 147 Å². The standard InChI is InChI=1S/C18H14BrNO4/c1-22-15-8-7-11(10-16(15)23-2)9-14-18(21)24-17(20-14)12-5-3-4-6-13(12)19/h3-10H,1-2H3/b14-9-. The van der Waals surface area contributed by atoms with E-state index in [0.717, 1.165) is 15.6 Å². The highest BCUT2D eigenvalue weighted by Crippen LogP contribution is 2.29. The number of carbonyl (C=O) groups excluding carboxylic acids is 1. The van der Waals surface area contributed by atoms with Gasteiger partial charge in [-0.05, 0) is 51.8 Å². The second-order valence-electron chi connectivity index (χ2n) is 4.93. The smallest absolute Gasteiger partial charge is 0.363 e. The summed E-state index contributed by atoms with van der Waals surface area (Å²) in [5, 5.41) is 0. The van der Waals surface area contributed by atoms with Gasteiger partial charge in [-0.3, -0.25) is 0 Å². The Morgan fingerprint density at radius 1 is 1.08 bits per heavy atom. The van der Waals surface area contributed by atoms with Gasteiger partial charge < -0.3 is 14.2 Å². The number of carbonyl (C=O) groups is 1. The fraction of sp³-hybridized carbons (Fsp3) is 0.111. The Morgan fingerprint density at radius 3 is 2.54 bits per heavy atom. The maximum atomic E-state index is 12.1. The van der Waals surface area contributed by atoms with E-state index < -0.39 is 5.97 Å². The highest BCUT2D eigenvalue weighted by Gasteiger charge is 2.25. The van der Waals surface area contributed by atoms with Gasteiger partial charge in [-0.1, -0.05) is 18.2 Å². The van der Waals surface area contributed by atoms with Gasteiger partial charge in [0.1, 0.15) is 0 Å². The third-order valence-corrected chi connectivity index (χ3v) is 4.13. The lowest BCUT2D eigenvalue weighted by molar-refractivity contribution is -0.129. The van der Waals surface area contributed by atoms with Crippen molar-refractivity contribution in [2.45, 2.75) is 0 Å². The number of hydrogen-bond acceptors (Lipinski definition) is 5. The Balaban J connectivity index is 1.96. The number of hydrogen-bond donors (Lipinski definition) is 0. The molecule has 3 rings (SSSR count). The van der Waals surface area contributed by atoms with Gasteiger partial charge in [0.15, 0.2) is 17.2 Å². The van der Waals surface area contributed by atoms with Gasteiger partial charge in [0.25, 0.3) is 0 Å². The van der Waals surface area contributed by atoms with Gasteiger partial charge in [-0.15, -0.1) is 0 Å². The zero-order valence-electron chi connectivity index (χ0n) is 13.1. The quantitative estimate of drug-likeness (QED) is 0.591. The van der Waals surface area contributed by atoms with Gasteiger partial charge in [-0.2, -0.15) is 0 Å². The molecule has 1 aliphatic rings. The fourth-order valence-corrected chi connectivity index (χ4v) is 2.71. The summed E-state index contributed by atoms with van der Waals surface area (Å²) >= 11 is 3.43. The number of benzene rings is 2. The number of methoxy groups -OCH3 is 2. The minimum atomic E-state index is -0.490. The summed E-state index contributed by atoms with van der Waals surface area (Å²) < 4.78 is 16.5.